The molecular weight excluding hydrogens is 162 g/mol. The second-order valence-electron chi connectivity index (χ2n) is 3.23. The van der Waals surface area contributed by atoms with E-state index in [1.54, 1.807) is 0 Å². The molecule has 0 spiro atoms. The normalized spacial score (nSPS) is 19.5. The van der Waals surface area contributed by atoms with Crippen LogP contribution in [0.15, 0.2) is 0 Å². The van der Waals surface area contributed by atoms with Gasteiger partial charge >= 0.3 is 0 Å². The average Bonchev–Trinajstić information content (AvgIpc) is 2.67. The number of carbonyl (C=O) groups is 1. The minimum atomic E-state index is 0.0400. The number of amides is 1. The topological polar surface area (TPSA) is 29.1 Å². The Morgan fingerprint density at radius 3 is 2.82 bits per heavy atom. The highest BCUT2D eigenvalue weighted by Crippen LogP contribution is 2.31. The van der Waals surface area contributed by atoms with Crippen LogP contribution < -0.4 is 5.32 Å². The Kier molecular flexibility index (Phi) is 3.18. The third-order valence-electron chi connectivity index (χ3n) is 1.75. The lowest BCUT2D eigenvalue weighted by molar-refractivity contribution is -0.121. The van der Waals surface area contributed by atoms with Gasteiger partial charge in [-0.15, -0.1) is 11.6 Å². The summed E-state index contributed by atoms with van der Waals surface area (Å²) >= 11 is 5.66. The van der Waals surface area contributed by atoms with Crippen molar-refractivity contribution >= 4 is 17.5 Å². The predicted molar refractivity (Wildman–Crippen MR) is 45.7 cm³/mol. The SMILES string of the molecule is CC(Cl)CNC(=O)CC1CC1. The zero-order valence-corrected chi connectivity index (χ0v) is 7.53. The zero-order valence-electron chi connectivity index (χ0n) is 6.77. The second kappa shape index (κ2) is 3.96. The molecule has 0 heterocycles. The van der Waals surface area contributed by atoms with E-state index in [1.807, 2.05) is 6.92 Å². The van der Waals surface area contributed by atoms with Crippen LogP contribution in [0.25, 0.3) is 0 Å². The first-order valence-corrected chi connectivity index (χ1v) is 4.53. The molecule has 2 nitrogen and oxygen atoms in total. The van der Waals surface area contributed by atoms with Crippen LogP contribution in [0.2, 0.25) is 0 Å². The van der Waals surface area contributed by atoms with Gasteiger partial charge in [0.05, 0.1) is 0 Å². The molecule has 1 saturated carbocycles. The lowest BCUT2D eigenvalue weighted by atomic mass is 10.3. The molecule has 11 heavy (non-hydrogen) atoms. The highest BCUT2D eigenvalue weighted by Gasteiger charge is 2.24. The highest BCUT2D eigenvalue weighted by atomic mass is 35.5. The Labute approximate surface area is 72.3 Å². The molecule has 0 aliphatic heterocycles. The summed E-state index contributed by atoms with van der Waals surface area (Å²) in [5.41, 5.74) is 0. The number of alkyl halides is 1. The van der Waals surface area contributed by atoms with Crippen molar-refractivity contribution in [2.75, 3.05) is 6.54 Å². The van der Waals surface area contributed by atoms with E-state index in [0.717, 1.165) is 0 Å². The quantitative estimate of drug-likeness (QED) is 0.646. The fourth-order valence-electron chi connectivity index (χ4n) is 0.911. The molecule has 0 bridgehead atoms. The molecule has 0 aromatic carbocycles. The Morgan fingerprint density at radius 2 is 2.36 bits per heavy atom. The summed E-state index contributed by atoms with van der Waals surface area (Å²) in [4.78, 5) is 11.0. The molecular formula is C8H14ClNO. The van der Waals surface area contributed by atoms with Gasteiger partial charge in [0.15, 0.2) is 0 Å². The van der Waals surface area contributed by atoms with Crippen molar-refractivity contribution < 1.29 is 4.79 Å². The monoisotopic (exact) mass is 175 g/mol. The fraction of sp³-hybridized carbons (Fsp3) is 0.875. The van der Waals surface area contributed by atoms with Crippen LogP contribution in [-0.2, 0) is 4.79 Å². The van der Waals surface area contributed by atoms with E-state index in [4.69, 9.17) is 11.6 Å². The second-order valence-corrected chi connectivity index (χ2v) is 3.98. The Morgan fingerprint density at radius 1 is 1.73 bits per heavy atom. The van der Waals surface area contributed by atoms with Crippen LogP contribution in [-0.4, -0.2) is 17.8 Å². The summed E-state index contributed by atoms with van der Waals surface area (Å²) in [6, 6.07) is 0. The maximum Gasteiger partial charge on any atom is 0.220 e. The van der Waals surface area contributed by atoms with Crippen molar-refractivity contribution in [3.63, 3.8) is 0 Å². The predicted octanol–water partition coefficient (Wildman–Crippen LogP) is 1.53. The van der Waals surface area contributed by atoms with Crippen LogP contribution in [0.3, 0.4) is 0 Å². The summed E-state index contributed by atoms with van der Waals surface area (Å²) < 4.78 is 0. The van der Waals surface area contributed by atoms with E-state index in [0.29, 0.717) is 18.9 Å². The van der Waals surface area contributed by atoms with Gasteiger partial charge in [0.25, 0.3) is 0 Å². The minimum Gasteiger partial charge on any atom is -0.355 e. The maximum absolute atomic E-state index is 11.0. The van der Waals surface area contributed by atoms with Gasteiger partial charge in [-0.05, 0) is 25.7 Å². The van der Waals surface area contributed by atoms with Crippen molar-refractivity contribution in [2.24, 2.45) is 5.92 Å². The molecule has 0 saturated heterocycles. The van der Waals surface area contributed by atoms with Gasteiger partial charge in [-0.1, -0.05) is 0 Å². The van der Waals surface area contributed by atoms with Crippen molar-refractivity contribution in [3.8, 4) is 0 Å². The molecule has 1 atom stereocenters. The first-order chi connectivity index (χ1) is 5.18. The summed E-state index contributed by atoms with van der Waals surface area (Å²) in [6.45, 7) is 2.46. The van der Waals surface area contributed by atoms with Crippen molar-refractivity contribution in [3.05, 3.63) is 0 Å². The largest absolute Gasteiger partial charge is 0.355 e. The van der Waals surface area contributed by atoms with Crippen LogP contribution in [0.4, 0.5) is 0 Å². The first kappa shape index (κ1) is 8.85. The van der Waals surface area contributed by atoms with Crippen LogP contribution in [0.5, 0.6) is 0 Å². The van der Waals surface area contributed by atoms with E-state index in [2.05, 4.69) is 5.32 Å². The van der Waals surface area contributed by atoms with Gasteiger partial charge in [-0.25, -0.2) is 0 Å². The lowest BCUT2D eigenvalue weighted by Crippen LogP contribution is -2.28. The molecule has 64 valence electrons. The molecule has 1 aliphatic carbocycles. The maximum atomic E-state index is 11.0. The summed E-state index contributed by atoms with van der Waals surface area (Å²) in [5.74, 6) is 0.820. The van der Waals surface area contributed by atoms with Crippen LogP contribution >= 0.6 is 11.6 Å². The van der Waals surface area contributed by atoms with Gasteiger partial charge < -0.3 is 5.32 Å². The van der Waals surface area contributed by atoms with E-state index >= 15 is 0 Å². The lowest BCUT2D eigenvalue weighted by Gasteiger charge is -2.04. The number of nitrogens with one attached hydrogen (secondary N) is 1. The number of hydrogen-bond acceptors (Lipinski definition) is 1. The van der Waals surface area contributed by atoms with Crippen molar-refractivity contribution in [1.29, 1.82) is 0 Å². The standard InChI is InChI=1S/C8H14ClNO/c1-6(9)5-10-8(11)4-7-2-3-7/h6-7H,2-5H2,1H3,(H,10,11). The Bertz CT molecular complexity index is 143. The molecule has 1 fully saturated rings. The molecule has 1 aliphatic rings. The summed E-state index contributed by atoms with van der Waals surface area (Å²) in [6.07, 6.45) is 3.15. The third kappa shape index (κ3) is 4.25. The highest BCUT2D eigenvalue weighted by molar-refractivity contribution is 6.20. The zero-order chi connectivity index (χ0) is 8.27. The summed E-state index contributed by atoms with van der Waals surface area (Å²) in [5, 5.41) is 2.82. The molecule has 3 heteroatoms. The van der Waals surface area contributed by atoms with Gasteiger partial charge in [0.1, 0.15) is 0 Å². The smallest absolute Gasteiger partial charge is 0.220 e. The molecule has 1 amide bonds. The van der Waals surface area contributed by atoms with E-state index in [9.17, 15) is 4.79 Å². The van der Waals surface area contributed by atoms with Crippen molar-refractivity contribution in [2.45, 2.75) is 31.6 Å². The molecule has 1 rings (SSSR count). The minimum absolute atomic E-state index is 0.0400. The first-order valence-electron chi connectivity index (χ1n) is 4.09. The third-order valence-corrected chi connectivity index (χ3v) is 1.91. The van der Waals surface area contributed by atoms with Crippen LogP contribution in [0, 0.1) is 5.92 Å². The Balaban J connectivity index is 2.00. The van der Waals surface area contributed by atoms with Gasteiger partial charge in [0, 0.05) is 18.3 Å². The average molecular weight is 176 g/mol. The van der Waals surface area contributed by atoms with Crippen LogP contribution in [0.1, 0.15) is 26.2 Å². The van der Waals surface area contributed by atoms with E-state index in [1.165, 1.54) is 12.8 Å². The van der Waals surface area contributed by atoms with Gasteiger partial charge in [-0.3, -0.25) is 4.79 Å². The molecule has 0 aromatic heterocycles. The number of hydrogen-bond donors (Lipinski definition) is 1. The van der Waals surface area contributed by atoms with Crippen molar-refractivity contribution in [1.82, 2.24) is 5.32 Å². The number of rotatable bonds is 4. The molecule has 0 aromatic rings. The van der Waals surface area contributed by atoms with E-state index in [-0.39, 0.29) is 11.3 Å². The molecule has 1 unspecified atom stereocenters. The van der Waals surface area contributed by atoms with Gasteiger partial charge in [-0.2, -0.15) is 0 Å². The number of halogens is 1. The van der Waals surface area contributed by atoms with E-state index < -0.39 is 0 Å². The summed E-state index contributed by atoms with van der Waals surface area (Å²) in [7, 11) is 0. The molecule has 1 N–H and O–H groups in total. The fourth-order valence-corrected chi connectivity index (χ4v) is 0.988. The number of carbonyl (C=O) groups excluding carboxylic acids is 1. The molecule has 0 radical (unpaired) electrons. The van der Waals surface area contributed by atoms with Gasteiger partial charge in [0.2, 0.25) is 5.91 Å². The Hall–Kier alpha value is -0.240.